The van der Waals surface area contributed by atoms with Gasteiger partial charge in [0.2, 0.25) is 0 Å². The maximum absolute atomic E-state index is 12.7. The molecule has 1 aromatic carbocycles. The van der Waals surface area contributed by atoms with E-state index in [2.05, 4.69) is 4.98 Å². The summed E-state index contributed by atoms with van der Waals surface area (Å²) in [6.45, 7) is 6.58. The van der Waals surface area contributed by atoms with Gasteiger partial charge < -0.3 is 4.74 Å². The fraction of sp³-hybridized carbons (Fsp3) is 0.476. The molecule has 0 N–H and O–H groups in total. The van der Waals surface area contributed by atoms with Crippen molar-refractivity contribution in [2.24, 2.45) is 0 Å². The molecule has 0 fully saturated rings. The molecular formula is C21H25F3N2O3. The first-order valence-corrected chi connectivity index (χ1v) is 9.30. The number of aryl methyl sites for hydroxylation is 2. The molecule has 0 aliphatic rings. The zero-order valence-electron chi connectivity index (χ0n) is 17.0. The highest BCUT2D eigenvalue weighted by Gasteiger charge is 2.27. The Hall–Kier alpha value is -2.64. The summed E-state index contributed by atoms with van der Waals surface area (Å²) in [5.41, 5.74) is 0.805. The van der Waals surface area contributed by atoms with Crippen molar-refractivity contribution in [1.29, 1.82) is 0 Å². The minimum absolute atomic E-state index is 0.0861. The Bertz CT molecular complexity index is 911. The van der Waals surface area contributed by atoms with Crippen LogP contribution in [-0.2, 0) is 22.5 Å². The molecule has 0 radical (unpaired) electrons. The summed E-state index contributed by atoms with van der Waals surface area (Å²) in [4.78, 5) is 29.2. The highest BCUT2D eigenvalue weighted by molar-refractivity contribution is 5.70. The Morgan fingerprint density at radius 1 is 1.14 bits per heavy atom. The van der Waals surface area contributed by atoms with Gasteiger partial charge in [-0.2, -0.15) is 13.2 Å². The SMILES string of the molecule is Cc1ccc(-c2cc(=O)n(CC(=O)OC(C)(C)C)c(CCCC(F)(F)F)n2)cc1. The number of benzene rings is 1. The number of alkyl halides is 3. The molecule has 0 aliphatic heterocycles. The minimum Gasteiger partial charge on any atom is -0.459 e. The van der Waals surface area contributed by atoms with E-state index in [0.717, 1.165) is 10.1 Å². The zero-order valence-corrected chi connectivity index (χ0v) is 17.0. The third-order valence-electron chi connectivity index (χ3n) is 4.00. The van der Waals surface area contributed by atoms with Gasteiger partial charge in [-0.15, -0.1) is 0 Å². The number of rotatable bonds is 6. The van der Waals surface area contributed by atoms with Crippen molar-refractivity contribution in [3.05, 3.63) is 52.1 Å². The molecule has 1 aromatic heterocycles. The van der Waals surface area contributed by atoms with Gasteiger partial charge in [-0.05, 0) is 34.1 Å². The molecule has 0 aliphatic carbocycles. The van der Waals surface area contributed by atoms with E-state index in [1.807, 2.05) is 19.1 Å². The second kappa shape index (κ2) is 8.80. The van der Waals surface area contributed by atoms with Crippen LogP contribution in [0.25, 0.3) is 11.3 Å². The van der Waals surface area contributed by atoms with E-state index in [4.69, 9.17) is 4.74 Å². The van der Waals surface area contributed by atoms with Gasteiger partial charge in [0, 0.05) is 24.5 Å². The quantitative estimate of drug-likeness (QED) is 0.661. The van der Waals surface area contributed by atoms with Crippen molar-refractivity contribution in [1.82, 2.24) is 9.55 Å². The molecule has 0 atom stereocenters. The van der Waals surface area contributed by atoms with Crippen LogP contribution in [0.1, 0.15) is 45.0 Å². The van der Waals surface area contributed by atoms with Gasteiger partial charge in [0.05, 0.1) is 5.69 Å². The average molecular weight is 410 g/mol. The highest BCUT2D eigenvalue weighted by atomic mass is 19.4. The van der Waals surface area contributed by atoms with E-state index in [9.17, 15) is 22.8 Å². The van der Waals surface area contributed by atoms with E-state index < -0.39 is 36.3 Å². The number of carbonyl (C=O) groups is 1. The number of hydrogen-bond acceptors (Lipinski definition) is 4. The van der Waals surface area contributed by atoms with E-state index in [1.54, 1.807) is 32.9 Å². The fourth-order valence-corrected chi connectivity index (χ4v) is 2.74. The maximum Gasteiger partial charge on any atom is 0.389 e. The van der Waals surface area contributed by atoms with Crippen molar-refractivity contribution in [2.75, 3.05) is 0 Å². The molecule has 5 nitrogen and oxygen atoms in total. The summed E-state index contributed by atoms with van der Waals surface area (Å²) in [5, 5.41) is 0. The van der Waals surface area contributed by atoms with Gasteiger partial charge >= 0.3 is 12.1 Å². The number of halogens is 3. The lowest BCUT2D eigenvalue weighted by atomic mass is 10.1. The van der Waals surface area contributed by atoms with Crippen LogP contribution in [0.3, 0.4) is 0 Å². The van der Waals surface area contributed by atoms with Gasteiger partial charge in [0.1, 0.15) is 18.0 Å². The third kappa shape index (κ3) is 7.36. The lowest BCUT2D eigenvalue weighted by Gasteiger charge is -2.20. The average Bonchev–Trinajstić information content (AvgIpc) is 2.55. The summed E-state index contributed by atoms with van der Waals surface area (Å²) in [7, 11) is 0. The molecule has 2 aromatic rings. The van der Waals surface area contributed by atoms with Crippen molar-refractivity contribution in [3.8, 4) is 11.3 Å². The predicted octanol–water partition coefficient (Wildman–Crippen LogP) is 4.45. The summed E-state index contributed by atoms with van der Waals surface area (Å²) < 4.78 is 44.0. The Morgan fingerprint density at radius 3 is 2.31 bits per heavy atom. The highest BCUT2D eigenvalue weighted by Crippen LogP contribution is 2.23. The molecule has 0 bridgehead atoms. The number of ether oxygens (including phenoxy) is 1. The molecule has 2 rings (SSSR count). The summed E-state index contributed by atoms with van der Waals surface area (Å²) in [5.74, 6) is -0.523. The summed E-state index contributed by atoms with van der Waals surface area (Å²) in [6, 6.07) is 8.56. The first-order valence-electron chi connectivity index (χ1n) is 9.30. The Labute approximate surface area is 167 Å². The van der Waals surface area contributed by atoms with Gasteiger partial charge in [0.25, 0.3) is 5.56 Å². The number of nitrogens with zero attached hydrogens (tertiary/aromatic N) is 2. The van der Waals surface area contributed by atoms with Crippen LogP contribution in [0.4, 0.5) is 13.2 Å². The van der Waals surface area contributed by atoms with Crippen LogP contribution in [0, 0.1) is 6.92 Å². The van der Waals surface area contributed by atoms with Crippen molar-refractivity contribution in [2.45, 2.75) is 65.3 Å². The molecule has 0 saturated carbocycles. The topological polar surface area (TPSA) is 61.2 Å². The number of esters is 1. The standard InChI is InChI=1S/C21H25F3N2O3/c1-14-7-9-15(10-8-14)16-12-18(27)26(13-19(28)29-20(2,3)4)17(25-16)6-5-11-21(22,23)24/h7-10,12H,5-6,11,13H2,1-4H3. The van der Waals surface area contributed by atoms with Crippen molar-refractivity contribution in [3.63, 3.8) is 0 Å². The minimum atomic E-state index is -4.30. The monoisotopic (exact) mass is 410 g/mol. The summed E-state index contributed by atoms with van der Waals surface area (Å²) >= 11 is 0. The number of carbonyl (C=O) groups excluding carboxylic acids is 1. The lowest BCUT2D eigenvalue weighted by molar-refractivity contribution is -0.155. The lowest BCUT2D eigenvalue weighted by Crippen LogP contribution is -2.32. The second-order valence-electron chi connectivity index (χ2n) is 7.90. The van der Waals surface area contributed by atoms with Gasteiger partial charge in [-0.25, -0.2) is 4.98 Å². The molecular weight excluding hydrogens is 385 g/mol. The number of hydrogen-bond donors (Lipinski definition) is 0. The molecule has 1 heterocycles. The zero-order chi connectivity index (χ0) is 21.8. The molecule has 29 heavy (non-hydrogen) atoms. The first-order chi connectivity index (χ1) is 13.3. The molecule has 0 unspecified atom stereocenters. The molecule has 0 spiro atoms. The smallest absolute Gasteiger partial charge is 0.389 e. The van der Waals surface area contributed by atoms with Crippen LogP contribution in [-0.4, -0.2) is 27.3 Å². The molecule has 0 amide bonds. The summed E-state index contributed by atoms with van der Waals surface area (Å²) in [6.07, 6.45) is -5.62. The maximum atomic E-state index is 12.7. The Kier molecular flexibility index (Phi) is 6.87. The van der Waals surface area contributed by atoms with Gasteiger partial charge in [-0.3, -0.25) is 14.2 Å². The van der Waals surface area contributed by atoms with E-state index in [-0.39, 0.29) is 18.7 Å². The number of aromatic nitrogens is 2. The van der Waals surface area contributed by atoms with E-state index >= 15 is 0 Å². The third-order valence-corrected chi connectivity index (χ3v) is 4.00. The predicted molar refractivity (Wildman–Crippen MR) is 104 cm³/mol. The van der Waals surface area contributed by atoms with Crippen LogP contribution >= 0.6 is 0 Å². The van der Waals surface area contributed by atoms with E-state index in [0.29, 0.717) is 11.3 Å². The fourth-order valence-electron chi connectivity index (χ4n) is 2.74. The van der Waals surface area contributed by atoms with Gasteiger partial charge in [0.15, 0.2) is 0 Å². The van der Waals surface area contributed by atoms with Crippen LogP contribution in [0.15, 0.2) is 35.1 Å². The molecule has 0 saturated heterocycles. The van der Waals surface area contributed by atoms with Crippen LogP contribution in [0.2, 0.25) is 0 Å². The molecule has 8 heteroatoms. The second-order valence-corrected chi connectivity index (χ2v) is 7.90. The van der Waals surface area contributed by atoms with E-state index in [1.165, 1.54) is 6.07 Å². The van der Waals surface area contributed by atoms with Crippen molar-refractivity contribution < 1.29 is 22.7 Å². The van der Waals surface area contributed by atoms with Crippen LogP contribution in [0.5, 0.6) is 0 Å². The first kappa shape index (κ1) is 22.6. The normalized spacial score (nSPS) is 12.1. The van der Waals surface area contributed by atoms with Crippen molar-refractivity contribution >= 4 is 5.97 Å². The van der Waals surface area contributed by atoms with Gasteiger partial charge in [-0.1, -0.05) is 29.8 Å². The Morgan fingerprint density at radius 2 is 1.76 bits per heavy atom. The Balaban J connectivity index is 2.38. The molecule has 158 valence electrons. The van der Waals surface area contributed by atoms with Crippen LogP contribution < -0.4 is 5.56 Å². The largest absolute Gasteiger partial charge is 0.459 e.